The molecule has 9 nitrogen and oxygen atoms in total. The predicted molar refractivity (Wildman–Crippen MR) is 87.7 cm³/mol. The molecule has 2 aromatic rings. The fourth-order valence-electron chi connectivity index (χ4n) is 2.05. The number of hydrogen-bond donors (Lipinski definition) is 0. The zero-order chi connectivity index (χ0) is 18.9. The molecule has 0 saturated carbocycles. The van der Waals surface area contributed by atoms with Crippen molar-refractivity contribution in [2.24, 2.45) is 7.05 Å². The molecule has 0 fully saturated rings. The molecule has 0 saturated heterocycles. The van der Waals surface area contributed by atoms with Crippen LogP contribution >= 0.6 is 0 Å². The van der Waals surface area contributed by atoms with E-state index in [1.54, 1.807) is 13.8 Å². The van der Waals surface area contributed by atoms with Crippen LogP contribution < -0.4 is 5.56 Å². The Morgan fingerprint density at radius 2 is 1.96 bits per heavy atom. The summed E-state index contributed by atoms with van der Waals surface area (Å²) in [6.45, 7) is 2.98. The lowest BCUT2D eigenvalue weighted by Gasteiger charge is -2.09. The van der Waals surface area contributed by atoms with Crippen LogP contribution in [0.2, 0.25) is 0 Å². The molecule has 136 valence electrons. The van der Waals surface area contributed by atoms with Crippen molar-refractivity contribution < 1.29 is 22.4 Å². The molecular weight excluding hydrogens is 350 g/mol. The van der Waals surface area contributed by atoms with Gasteiger partial charge in [-0.2, -0.15) is 5.10 Å². The molecular formula is C15H19N3O6S. The number of carbonyl (C=O) groups excluding carboxylic acids is 1. The van der Waals surface area contributed by atoms with E-state index in [-0.39, 0.29) is 23.0 Å². The molecule has 0 spiro atoms. The van der Waals surface area contributed by atoms with Crippen LogP contribution in [0, 0.1) is 13.8 Å². The minimum Gasteiger partial charge on any atom is -0.454 e. The zero-order valence-corrected chi connectivity index (χ0v) is 15.4. The van der Waals surface area contributed by atoms with Crippen molar-refractivity contribution in [2.45, 2.75) is 25.5 Å². The first-order valence-electron chi connectivity index (χ1n) is 7.28. The van der Waals surface area contributed by atoms with Crippen LogP contribution in [0.3, 0.4) is 0 Å². The van der Waals surface area contributed by atoms with Gasteiger partial charge in [-0.15, -0.1) is 0 Å². The van der Waals surface area contributed by atoms with Gasteiger partial charge in [0.1, 0.15) is 17.9 Å². The first-order chi connectivity index (χ1) is 11.6. The monoisotopic (exact) mass is 369 g/mol. The van der Waals surface area contributed by atoms with E-state index >= 15 is 0 Å². The van der Waals surface area contributed by atoms with E-state index < -0.39 is 21.6 Å². The Balaban J connectivity index is 2.20. The molecule has 0 amide bonds. The number of esters is 1. The average Bonchev–Trinajstić information content (AvgIpc) is 3.01. The predicted octanol–water partition coefficient (Wildman–Crippen LogP) is 0.597. The Morgan fingerprint density at radius 1 is 1.32 bits per heavy atom. The second-order valence-corrected chi connectivity index (χ2v) is 7.68. The van der Waals surface area contributed by atoms with Crippen LogP contribution in [-0.4, -0.2) is 42.6 Å². The third-order valence-corrected chi connectivity index (χ3v) is 5.34. The summed E-state index contributed by atoms with van der Waals surface area (Å²) in [5.41, 5.74) is 0.293. The van der Waals surface area contributed by atoms with Gasteiger partial charge in [0.05, 0.1) is 5.69 Å². The lowest BCUT2D eigenvalue weighted by molar-refractivity contribution is 0.0436. The van der Waals surface area contributed by atoms with Crippen LogP contribution in [-0.2, 0) is 28.4 Å². The van der Waals surface area contributed by atoms with Crippen molar-refractivity contribution in [3.05, 3.63) is 45.1 Å². The van der Waals surface area contributed by atoms with E-state index in [0.717, 1.165) is 8.99 Å². The largest absolute Gasteiger partial charge is 0.454 e. The van der Waals surface area contributed by atoms with Crippen LogP contribution in [0.25, 0.3) is 0 Å². The summed E-state index contributed by atoms with van der Waals surface area (Å²) in [4.78, 5) is 24.3. The third kappa shape index (κ3) is 3.64. The Morgan fingerprint density at radius 3 is 2.56 bits per heavy atom. The van der Waals surface area contributed by atoms with E-state index in [9.17, 15) is 18.0 Å². The van der Waals surface area contributed by atoms with Gasteiger partial charge in [-0.25, -0.2) is 22.2 Å². The normalized spacial score (nSPS) is 11.8. The highest BCUT2D eigenvalue weighted by Crippen LogP contribution is 2.18. The van der Waals surface area contributed by atoms with Crippen LogP contribution in [0.5, 0.6) is 0 Å². The maximum absolute atomic E-state index is 12.2. The van der Waals surface area contributed by atoms with Gasteiger partial charge in [-0.3, -0.25) is 4.79 Å². The lowest BCUT2D eigenvalue weighted by atomic mass is 10.1. The molecule has 2 rings (SSSR count). The minimum atomic E-state index is -3.71. The number of furan rings is 1. The van der Waals surface area contributed by atoms with Crippen molar-refractivity contribution in [3.63, 3.8) is 0 Å². The van der Waals surface area contributed by atoms with Crippen molar-refractivity contribution in [1.29, 1.82) is 0 Å². The Hall–Kier alpha value is -2.46. The second-order valence-electron chi connectivity index (χ2n) is 5.60. The van der Waals surface area contributed by atoms with Gasteiger partial charge in [-0.1, -0.05) is 0 Å². The third-order valence-electron chi connectivity index (χ3n) is 3.65. The van der Waals surface area contributed by atoms with Crippen molar-refractivity contribution >= 4 is 16.0 Å². The summed E-state index contributed by atoms with van der Waals surface area (Å²) >= 11 is 0. The topological polar surface area (TPSA) is 112 Å². The van der Waals surface area contributed by atoms with Gasteiger partial charge in [-0.05, 0) is 31.5 Å². The van der Waals surface area contributed by atoms with E-state index in [1.807, 2.05) is 0 Å². The highest BCUT2D eigenvalue weighted by Gasteiger charge is 2.23. The van der Waals surface area contributed by atoms with Crippen molar-refractivity contribution in [2.75, 3.05) is 14.1 Å². The van der Waals surface area contributed by atoms with Gasteiger partial charge < -0.3 is 9.15 Å². The zero-order valence-electron chi connectivity index (χ0n) is 14.6. The average molecular weight is 369 g/mol. The van der Waals surface area contributed by atoms with Gasteiger partial charge >= 0.3 is 5.97 Å². The number of aryl methyl sites for hydroxylation is 2. The van der Waals surface area contributed by atoms with Gasteiger partial charge in [0.2, 0.25) is 5.09 Å². The van der Waals surface area contributed by atoms with E-state index in [2.05, 4.69) is 5.10 Å². The second kappa shape index (κ2) is 6.81. The highest BCUT2D eigenvalue weighted by molar-refractivity contribution is 7.88. The molecule has 0 aromatic carbocycles. The molecule has 2 aromatic heterocycles. The number of aromatic nitrogens is 2. The summed E-state index contributed by atoms with van der Waals surface area (Å²) in [7, 11) is 0.488. The summed E-state index contributed by atoms with van der Waals surface area (Å²) in [6.07, 6.45) is 0. The molecule has 2 heterocycles. The number of hydrogen-bond acceptors (Lipinski definition) is 7. The molecule has 10 heteroatoms. The van der Waals surface area contributed by atoms with Gasteiger partial charge in [0, 0.05) is 21.1 Å². The Bertz CT molecular complexity index is 972. The summed E-state index contributed by atoms with van der Waals surface area (Å²) < 4.78 is 36.2. The van der Waals surface area contributed by atoms with Gasteiger partial charge in [0.25, 0.3) is 15.6 Å². The number of carbonyl (C=O) groups is 1. The summed E-state index contributed by atoms with van der Waals surface area (Å²) in [5.74, 6) is -0.675. The van der Waals surface area contributed by atoms with Gasteiger partial charge in [0.15, 0.2) is 0 Å². The van der Waals surface area contributed by atoms with Crippen LogP contribution in [0.1, 0.15) is 27.4 Å². The molecule has 0 aliphatic carbocycles. The Labute approximate surface area is 144 Å². The van der Waals surface area contributed by atoms with Crippen molar-refractivity contribution in [3.8, 4) is 0 Å². The smallest absolute Gasteiger partial charge is 0.344 e. The number of sulfonamides is 1. The molecule has 0 aliphatic heterocycles. The molecule has 25 heavy (non-hydrogen) atoms. The standard InChI is InChI=1S/C15H19N3O6S/c1-9-10(2)16-18(5)14(19)13(9)15(20)23-8-11-6-7-12(24-11)25(21,22)17(3)4/h6-7H,8H2,1-5H3. The van der Waals surface area contributed by atoms with Crippen LogP contribution in [0.4, 0.5) is 0 Å². The van der Waals surface area contributed by atoms with E-state index in [0.29, 0.717) is 11.3 Å². The lowest BCUT2D eigenvalue weighted by Crippen LogP contribution is -2.29. The number of nitrogens with zero attached hydrogens (tertiary/aromatic N) is 3. The highest BCUT2D eigenvalue weighted by atomic mass is 32.2. The first kappa shape index (κ1) is 18.9. The fraction of sp³-hybridized carbons (Fsp3) is 0.400. The van der Waals surface area contributed by atoms with Crippen molar-refractivity contribution in [1.82, 2.24) is 14.1 Å². The van der Waals surface area contributed by atoms with Crippen LogP contribution in [0.15, 0.2) is 26.4 Å². The number of ether oxygens (including phenoxy) is 1. The maximum atomic E-state index is 12.2. The quantitative estimate of drug-likeness (QED) is 0.709. The van der Waals surface area contributed by atoms with E-state index in [4.69, 9.17) is 9.15 Å². The minimum absolute atomic E-state index is 0.109. The molecule has 0 unspecified atom stereocenters. The molecule has 0 aliphatic rings. The summed E-state index contributed by atoms with van der Waals surface area (Å²) in [5, 5.41) is 3.73. The molecule has 0 atom stereocenters. The molecule has 0 bridgehead atoms. The number of rotatable bonds is 5. The Kier molecular flexibility index (Phi) is 5.14. The van der Waals surface area contributed by atoms with E-state index in [1.165, 1.54) is 33.3 Å². The first-order valence-corrected chi connectivity index (χ1v) is 8.72. The molecule has 0 N–H and O–H groups in total. The molecule has 0 radical (unpaired) electrons. The fourth-order valence-corrected chi connectivity index (χ4v) is 2.86. The maximum Gasteiger partial charge on any atom is 0.344 e. The SMILES string of the molecule is Cc1nn(C)c(=O)c(C(=O)OCc2ccc(S(=O)(=O)N(C)C)o2)c1C. The summed E-state index contributed by atoms with van der Waals surface area (Å²) in [6, 6.07) is 2.67.